The Morgan fingerprint density at radius 2 is 2.04 bits per heavy atom. The molecule has 1 amide bonds. The molecule has 1 aromatic carbocycles. The number of aromatic nitrogens is 2. The molecule has 0 aliphatic rings. The first kappa shape index (κ1) is 18.0. The molecule has 0 fully saturated rings. The molecular formula is C19H27N3O2. The average molecular weight is 329 g/mol. The smallest absolute Gasteiger partial charge is 0.263 e. The van der Waals surface area contributed by atoms with Gasteiger partial charge in [-0.25, -0.2) is 4.68 Å². The molecule has 0 aliphatic carbocycles. The molecule has 130 valence electrons. The summed E-state index contributed by atoms with van der Waals surface area (Å²) in [6, 6.07) is 8.14. The number of carbonyl (C=O) groups is 1. The van der Waals surface area contributed by atoms with Crippen molar-refractivity contribution in [3.8, 4) is 5.75 Å². The first-order chi connectivity index (χ1) is 11.4. The summed E-state index contributed by atoms with van der Waals surface area (Å²) in [5.74, 6) is 1.63. The van der Waals surface area contributed by atoms with Crippen molar-refractivity contribution in [1.29, 1.82) is 0 Å². The van der Waals surface area contributed by atoms with E-state index in [4.69, 9.17) is 4.74 Å². The Bertz CT molecular complexity index is 692. The lowest BCUT2D eigenvalue weighted by atomic mass is 10.0. The SMILES string of the molecule is CCC(C)n1nccc1NC(=O)COc1cc(C)ccc1C(C)C. The zero-order chi connectivity index (χ0) is 17.7. The number of nitrogens with one attached hydrogen (secondary N) is 1. The van der Waals surface area contributed by atoms with E-state index in [1.54, 1.807) is 12.3 Å². The van der Waals surface area contributed by atoms with Gasteiger partial charge in [-0.3, -0.25) is 4.79 Å². The van der Waals surface area contributed by atoms with E-state index in [1.807, 2.05) is 17.7 Å². The lowest BCUT2D eigenvalue weighted by Gasteiger charge is -2.16. The molecule has 0 bridgehead atoms. The Hall–Kier alpha value is -2.30. The first-order valence-corrected chi connectivity index (χ1v) is 8.49. The highest BCUT2D eigenvalue weighted by molar-refractivity contribution is 5.91. The van der Waals surface area contributed by atoms with E-state index in [0.717, 1.165) is 23.3 Å². The number of benzene rings is 1. The standard InChI is InChI=1S/C19H27N3O2/c1-6-15(5)22-18(9-10-20-22)21-19(23)12-24-17-11-14(4)7-8-16(17)13(2)3/h7-11,13,15H,6,12H2,1-5H3,(H,21,23). The third-order valence-corrected chi connectivity index (χ3v) is 4.10. The van der Waals surface area contributed by atoms with Crippen molar-refractivity contribution >= 4 is 11.7 Å². The molecule has 0 saturated carbocycles. The molecule has 2 aromatic rings. The van der Waals surface area contributed by atoms with Gasteiger partial charge in [0, 0.05) is 6.07 Å². The van der Waals surface area contributed by atoms with Crippen LogP contribution in [0.5, 0.6) is 5.75 Å². The van der Waals surface area contributed by atoms with Gasteiger partial charge in [-0.05, 0) is 43.4 Å². The summed E-state index contributed by atoms with van der Waals surface area (Å²) < 4.78 is 7.60. The normalized spacial score (nSPS) is 12.2. The highest BCUT2D eigenvalue weighted by Gasteiger charge is 2.13. The second-order valence-electron chi connectivity index (χ2n) is 6.45. The van der Waals surface area contributed by atoms with Crippen LogP contribution >= 0.6 is 0 Å². The van der Waals surface area contributed by atoms with E-state index < -0.39 is 0 Å². The zero-order valence-corrected chi connectivity index (χ0v) is 15.2. The number of ether oxygens (including phenoxy) is 1. The number of nitrogens with zero attached hydrogens (tertiary/aromatic N) is 2. The second-order valence-corrected chi connectivity index (χ2v) is 6.45. The predicted molar refractivity (Wildman–Crippen MR) is 96.6 cm³/mol. The summed E-state index contributed by atoms with van der Waals surface area (Å²) in [6.45, 7) is 10.4. The summed E-state index contributed by atoms with van der Waals surface area (Å²) in [4.78, 5) is 12.2. The van der Waals surface area contributed by atoms with Crippen molar-refractivity contribution in [1.82, 2.24) is 9.78 Å². The minimum Gasteiger partial charge on any atom is -0.483 e. The molecule has 0 aliphatic heterocycles. The number of hydrogen-bond donors (Lipinski definition) is 1. The molecular weight excluding hydrogens is 302 g/mol. The van der Waals surface area contributed by atoms with E-state index in [-0.39, 0.29) is 18.6 Å². The maximum Gasteiger partial charge on any atom is 0.263 e. The van der Waals surface area contributed by atoms with Gasteiger partial charge >= 0.3 is 0 Å². The molecule has 0 radical (unpaired) electrons. The fourth-order valence-corrected chi connectivity index (χ4v) is 2.50. The van der Waals surface area contributed by atoms with Crippen LogP contribution in [0.2, 0.25) is 0 Å². The minimum atomic E-state index is -0.184. The van der Waals surface area contributed by atoms with Crippen molar-refractivity contribution in [3.63, 3.8) is 0 Å². The van der Waals surface area contributed by atoms with Gasteiger partial charge in [0.25, 0.3) is 5.91 Å². The van der Waals surface area contributed by atoms with E-state index in [1.165, 1.54) is 0 Å². The fourth-order valence-electron chi connectivity index (χ4n) is 2.50. The number of carbonyl (C=O) groups excluding carboxylic acids is 1. The van der Waals surface area contributed by atoms with Gasteiger partial charge in [-0.2, -0.15) is 5.10 Å². The average Bonchev–Trinajstić information content (AvgIpc) is 3.00. The Kier molecular flexibility index (Phi) is 6.01. The largest absolute Gasteiger partial charge is 0.483 e. The Morgan fingerprint density at radius 1 is 1.29 bits per heavy atom. The van der Waals surface area contributed by atoms with Gasteiger partial charge in [0.05, 0.1) is 12.2 Å². The molecule has 1 heterocycles. The number of rotatable bonds is 7. The molecule has 1 N–H and O–H groups in total. The molecule has 5 heteroatoms. The Morgan fingerprint density at radius 3 is 2.71 bits per heavy atom. The van der Waals surface area contributed by atoms with E-state index in [9.17, 15) is 4.79 Å². The number of amides is 1. The second kappa shape index (κ2) is 7.99. The topological polar surface area (TPSA) is 56.2 Å². The van der Waals surface area contributed by atoms with Gasteiger partial charge in [0.15, 0.2) is 6.61 Å². The summed E-state index contributed by atoms with van der Waals surface area (Å²) in [5, 5.41) is 7.14. The monoisotopic (exact) mass is 329 g/mol. The van der Waals surface area contributed by atoms with E-state index in [2.05, 4.69) is 50.2 Å². The van der Waals surface area contributed by atoms with Crippen molar-refractivity contribution < 1.29 is 9.53 Å². The maximum atomic E-state index is 12.2. The van der Waals surface area contributed by atoms with Crippen LogP contribution < -0.4 is 10.1 Å². The maximum absolute atomic E-state index is 12.2. The van der Waals surface area contributed by atoms with Crippen LogP contribution in [-0.2, 0) is 4.79 Å². The third kappa shape index (κ3) is 4.37. The van der Waals surface area contributed by atoms with Gasteiger partial charge in [0.1, 0.15) is 11.6 Å². The summed E-state index contributed by atoms with van der Waals surface area (Å²) in [6.07, 6.45) is 2.64. The molecule has 0 saturated heterocycles. The summed E-state index contributed by atoms with van der Waals surface area (Å²) in [7, 11) is 0. The van der Waals surface area contributed by atoms with Crippen LogP contribution in [0.15, 0.2) is 30.5 Å². The van der Waals surface area contributed by atoms with E-state index >= 15 is 0 Å². The van der Waals surface area contributed by atoms with Crippen molar-refractivity contribution in [2.24, 2.45) is 0 Å². The van der Waals surface area contributed by atoms with Crippen LogP contribution in [0.3, 0.4) is 0 Å². The lowest BCUT2D eigenvalue weighted by molar-refractivity contribution is -0.118. The zero-order valence-electron chi connectivity index (χ0n) is 15.2. The molecule has 1 aromatic heterocycles. The van der Waals surface area contributed by atoms with Crippen molar-refractivity contribution in [3.05, 3.63) is 41.6 Å². The van der Waals surface area contributed by atoms with Crippen LogP contribution in [-0.4, -0.2) is 22.3 Å². The number of hydrogen-bond acceptors (Lipinski definition) is 3. The molecule has 2 rings (SSSR count). The van der Waals surface area contributed by atoms with Gasteiger partial charge < -0.3 is 10.1 Å². The van der Waals surface area contributed by atoms with Gasteiger partial charge in [-0.1, -0.05) is 32.9 Å². The molecule has 24 heavy (non-hydrogen) atoms. The lowest BCUT2D eigenvalue weighted by Crippen LogP contribution is -2.23. The molecule has 0 spiro atoms. The minimum absolute atomic E-state index is 0.0190. The molecule has 1 unspecified atom stereocenters. The van der Waals surface area contributed by atoms with Crippen LogP contribution in [0.25, 0.3) is 0 Å². The van der Waals surface area contributed by atoms with Crippen LogP contribution in [0, 0.1) is 6.92 Å². The first-order valence-electron chi connectivity index (χ1n) is 8.49. The molecule has 1 atom stereocenters. The number of aryl methyl sites for hydroxylation is 1. The molecule has 5 nitrogen and oxygen atoms in total. The highest BCUT2D eigenvalue weighted by Crippen LogP contribution is 2.27. The van der Waals surface area contributed by atoms with Crippen molar-refractivity contribution in [2.75, 3.05) is 11.9 Å². The summed E-state index contributed by atoms with van der Waals surface area (Å²) >= 11 is 0. The quantitative estimate of drug-likeness (QED) is 0.824. The highest BCUT2D eigenvalue weighted by atomic mass is 16.5. The summed E-state index contributed by atoms with van der Waals surface area (Å²) in [5.41, 5.74) is 2.22. The van der Waals surface area contributed by atoms with Crippen LogP contribution in [0.1, 0.15) is 57.2 Å². The van der Waals surface area contributed by atoms with Crippen molar-refractivity contribution in [2.45, 2.75) is 53.0 Å². The Labute approximate surface area is 144 Å². The predicted octanol–water partition coefficient (Wildman–Crippen LogP) is 4.30. The number of anilines is 1. The van der Waals surface area contributed by atoms with E-state index in [0.29, 0.717) is 11.7 Å². The van der Waals surface area contributed by atoms with Crippen LogP contribution in [0.4, 0.5) is 5.82 Å². The third-order valence-electron chi connectivity index (χ3n) is 4.10. The van der Waals surface area contributed by atoms with Gasteiger partial charge in [-0.15, -0.1) is 0 Å². The Balaban J connectivity index is 2.02. The fraction of sp³-hybridized carbons (Fsp3) is 0.474. The van der Waals surface area contributed by atoms with Gasteiger partial charge in [0.2, 0.25) is 0 Å².